The van der Waals surface area contributed by atoms with Gasteiger partial charge < -0.3 is 15.1 Å². The van der Waals surface area contributed by atoms with Crippen LogP contribution in [0.1, 0.15) is 24.9 Å². The number of para-hydroxylation sites is 1. The zero-order valence-corrected chi connectivity index (χ0v) is 11.4. The van der Waals surface area contributed by atoms with Gasteiger partial charge in [0.1, 0.15) is 5.58 Å². The molecule has 98 valence electrons. The van der Waals surface area contributed by atoms with Crippen molar-refractivity contribution in [1.29, 1.82) is 0 Å². The third kappa shape index (κ3) is 2.42. The Labute approximate surface area is 109 Å². The topological polar surface area (TPSA) is 42.4 Å². The predicted molar refractivity (Wildman–Crippen MR) is 75.5 cm³/mol. The van der Waals surface area contributed by atoms with Gasteiger partial charge in [-0.15, -0.1) is 0 Å². The maximum Gasteiger partial charge on any atom is 0.134 e. The molecule has 0 radical (unpaired) electrons. The quantitative estimate of drug-likeness (QED) is 0.881. The highest BCUT2D eigenvalue weighted by molar-refractivity contribution is 5.81. The molecule has 0 aliphatic carbocycles. The molecule has 0 saturated heterocycles. The molecule has 2 atom stereocenters. The molecule has 0 spiro atoms. The molecule has 0 fully saturated rings. The number of hydrogen-bond acceptors (Lipinski definition) is 3. The molecule has 2 N–H and O–H groups in total. The van der Waals surface area contributed by atoms with Crippen molar-refractivity contribution in [2.24, 2.45) is 11.7 Å². The Morgan fingerprint density at radius 1 is 1.28 bits per heavy atom. The van der Waals surface area contributed by atoms with Crippen LogP contribution < -0.4 is 5.73 Å². The van der Waals surface area contributed by atoms with E-state index in [1.165, 1.54) is 10.9 Å². The van der Waals surface area contributed by atoms with Crippen LogP contribution in [0.15, 0.2) is 34.9 Å². The summed E-state index contributed by atoms with van der Waals surface area (Å²) < 4.78 is 5.65. The van der Waals surface area contributed by atoms with E-state index < -0.39 is 0 Å². The van der Waals surface area contributed by atoms with E-state index in [9.17, 15) is 0 Å². The molecule has 18 heavy (non-hydrogen) atoms. The number of hydrogen-bond donors (Lipinski definition) is 1. The number of nitrogens with zero attached hydrogens (tertiary/aromatic N) is 1. The fourth-order valence-corrected chi connectivity index (χ4v) is 2.74. The van der Waals surface area contributed by atoms with E-state index in [0.717, 1.165) is 18.5 Å². The van der Waals surface area contributed by atoms with E-state index in [2.05, 4.69) is 38.1 Å². The van der Waals surface area contributed by atoms with Crippen LogP contribution in [0.5, 0.6) is 0 Å². The van der Waals surface area contributed by atoms with Crippen molar-refractivity contribution in [2.45, 2.75) is 19.4 Å². The smallest absolute Gasteiger partial charge is 0.134 e. The molecule has 1 heterocycles. The third-order valence-corrected chi connectivity index (χ3v) is 3.55. The Balaban J connectivity index is 2.42. The van der Waals surface area contributed by atoms with Crippen LogP contribution in [-0.2, 0) is 0 Å². The van der Waals surface area contributed by atoms with E-state index in [4.69, 9.17) is 10.2 Å². The molecular formula is C15H22N2O. The first kappa shape index (κ1) is 13.1. The maximum atomic E-state index is 5.69. The van der Waals surface area contributed by atoms with E-state index in [1.807, 2.05) is 18.4 Å². The summed E-state index contributed by atoms with van der Waals surface area (Å²) in [4.78, 5) is 2.25. The van der Waals surface area contributed by atoms with Gasteiger partial charge in [0, 0.05) is 17.0 Å². The van der Waals surface area contributed by atoms with Crippen molar-refractivity contribution >= 4 is 11.0 Å². The average Bonchev–Trinajstić information content (AvgIpc) is 2.74. The van der Waals surface area contributed by atoms with Gasteiger partial charge in [-0.2, -0.15) is 0 Å². The Kier molecular flexibility index (Phi) is 4.04. The van der Waals surface area contributed by atoms with E-state index in [-0.39, 0.29) is 0 Å². The monoisotopic (exact) mass is 246 g/mol. The lowest BCUT2D eigenvalue weighted by atomic mass is 9.91. The fourth-order valence-electron chi connectivity index (χ4n) is 2.74. The Morgan fingerprint density at radius 2 is 2.00 bits per heavy atom. The molecule has 3 nitrogen and oxygen atoms in total. The van der Waals surface area contributed by atoms with Gasteiger partial charge in [0.25, 0.3) is 0 Å². The fraction of sp³-hybridized carbons (Fsp3) is 0.467. The molecule has 1 aromatic heterocycles. The molecule has 0 saturated carbocycles. The van der Waals surface area contributed by atoms with Gasteiger partial charge >= 0.3 is 0 Å². The lowest BCUT2D eigenvalue weighted by molar-refractivity contribution is 0.217. The van der Waals surface area contributed by atoms with E-state index in [1.54, 1.807) is 0 Å². The van der Waals surface area contributed by atoms with Crippen LogP contribution in [0.25, 0.3) is 11.0 Å². The number of rotatable bonds is 5. The van der Waals surface area contributed by atoms with Crippen molar-refractivity contribution in [3.05, 3.63) is 36.1 Å². The lowest BCUT2D eigenvalue weighted by Crippen LogP contribution is -2.27. The van der Waals surface area contributed by atoms with Crippen LogP contribution in [-0.4, -0.2) is 25.5 Å². The normalized spacial score (nSPS) is 15.2. The summed E-state index contributed by atoms with van der Waals surface area (Å²) in [6, 6.07) is 8.54. The van der Waals surface area contributed by atoms with Crippen LogP contribution in [0.4, 0.5) is 0 Å². The minimum absolute atomic E-state index is 0.345. The summed E-state index contributed by atoms with van der Waals surface area (Å²) in [7, 11) is 4.22. The standard InChI is InChI=1S/C15H22N2O/c1-11(8-9-16)15(17(2)3)13-10-18-14-7-5-4-6-12(13)14/h4-7,10-11,15H,8-9,16H2,1-3H3. The molecule has 0 aliphatic rings. The van der Waals surface area contributed by atoms with Crippen molar-refractivity contribution in [2.75, 3.05) is 20.6 Å². The second kappa shape index (κ2) is 5.55. The molecule has 3 heteroatoms. The van der Waals surface area contributed by atoms with Gasteiger partial charge in [-0.1, -0.05) is 25.1 Å². The highest BCUT2D eigenvalue weighted by atomic mass is 16.3. The summed E-state index contributed by atoms with van der Waals surface area (Å²) >= 11 is 0. The second-order valence-electron chi connectivity index (χ2n) is 5.15. The predicted octanol–water partition coefficient (Wildman–Crippen LogP) is 3.02. The van der Waals surface area contributed by atoms with Gasteiger partial charge in [-0.25, -0.2) is 0 Å². The van der Waals surface area contributed by atoms with E-state index >= 15 is 0 Å². The first-order valence-corrected chi connectivity index (χ1v) is 6.47. The Hall–Kier alpha value is -1.32. The summed E-state index contributed by atoms with van der Waals surface area (Å²) in [5.41, 5.74) is 7.91. The van der Waals surface area contributed by atoms with Crippen LogP contribution >= 0.6 is 0 Å². The number of fused-ring (bicyclic) bond motifs is 1. The largest absolute Gasteiger partial charge is 0.464 e. The molecule has 0 amide bonds. The number of nitrogens with two attached hydrogens (primary N) is 1. The minimum Gasteiger partial charge on any atom is -0.464 e. The SMILES string of the molecule is CC(CCN)C(c1coc2ccccc12)N(C)C. The summed E-state index contributed by atoms with van der Waals surface area (Å²) in [6.45, 7) is 2.97. The zero-order valence-electron chi connectivity index (χ0n) is 11.4. The Morgan fingerprint density at radius 3 is 2.67 bits per heavy atom. The van der Waals surface area contributed by atoms with Crippen molar-refractivity contribution in [3.8, 4) is 0 Å². The lowest BCUT2D eigenvalue weighted by Gasteiger charge is -2.29. The highest BCUT2D eigenvalue weighted by Crippen LogP contribution is 2.34. The molecule has 2 unspecified atom stereocenters. The van der Waals surface area contributed by atoms with E-state index in [0.29, 0.717) is 12.0 Å². The molecule has 0 aliphatic heterocycles. The van der Waals surface area contributed by atoms with Crippen LogP contribution in [0, 0.1) is 5.92 Å². The summed E-state index contributed by atoms with van der Waals surface area (Å²) in [5, 5.41) is 1.21. The van der Waals surface area contributed by atoms with Crippen LogP contribution in [0.3, 0.4) is 0 Å². The molecule has 2 rings (SSSR count). The molecular weight excluding hydrogens is 224 g/mol. The number of benzene rings is 1. The minimum atomic E-state index is 0.345. The van der Waals surface area contributed by atoms with Crippen molar-refractivity contribution in [3.63, 3.8) is 0 Å². The maximum absolute atomic E-state index is 5.69. The summed E-state index contributed by atoms with van der Waals surface area (Å²) in [5.74, 6) is 0.506. The first-order chi connectivity index (χ1) is 8.65. The summed E-state index contributed by atoms with van der Waals surface area (Å²) in [6.07, 6.45) is 2.91. The highest BCUT2D eigenvalue weighted by Gasteiger charge is 2.24. The number of furan rings is 1. The van der Waals surface area contributed by atoms with Crippen LogP contribution in [0.2, 0.25) is 0 Å². The van der Waals surface area contributed by atoms with Crippen molar-refractivity contribution < 1.29 is 4.42 Å². The Bertz CT molecular complexity index is 504. The first-order valence-electron chi connectivity index (χ1n) is 6.47. The van der Waals surface area contributed by atoms with Gasteiger partial charge in [0.15, 0.2) is 0 Å². The van der Waals surface area contributed by atoms with Crippen molar-refractivity contribution in [1.82, 2.24) is 4.90 Å². The van der Waals surface area contributed by atoms with Gasteiger partial charge in [0.05, 0.1) is 6.26 Å². The average molecular weight is 246 g/mol. The van der Waals surface area contributed by atoms with Gasteiger partial charge in [0.2, 0.25) is 0 Å². The molecule has 2 aromatic rings. The second-order valence-corrected chi connectivity index (χ2v) is 5.15. The van der Waals surface area contributed by atoms with Gasteiger partial charge in [-0.3, -0.25) is 0 Å². The molecule has 1 aromatic carbocycles. The zero-order chi connectivity index (χ0) is 13.1. The van der Waals surface area contributed by atoms with Gasteiger partial charge in [-0.05, 0) is 39.0 Å². The molecule has 0 bridgehead atoms. The third-order valence-electron chi connectivity index (χ3n) is 3.55.